The van der Waals surface area contributed by atoms with Crippen LogP contribution < -0.4 is 14.8 Å². The van der Waals surface area contributed by atoms with Crippen LogP contribution in [0.15, 0.2) is 30.5 Å². The minimum Gasteiger partial charge on any atom is -0.497 e. The zero-order chi connectivity index (χ0) is 14.5. The van der Waals surface area contributed by atoms with E-state index >= 15 is 0 Å². The third-order valence-corrected chi connectivity index (χ3v) is 2.93. The van der Waals surface area contributed by atoms with E-state index in [1.54, 1.807) is 32.5 Å². The van der Waals surface area contributed by atoms with E-state index in [9.17, 15) is 5.26 Å². The second-order valence-electron chi connectivity index (χ2n) is 4.15. The van der Waals surface area contributed by atoms with Crippen LogP contribution in [0.5, 0.6) is 11.5 Å². The van der Waals surface area contributed by atoms with Gasteiger partial charge in [0.25, 0.3) is 0 Å². The number of methoxy groups -OCH3 is 2. The standard InChI is InChI=1S/C15H15N3O2/c1-10-6-7-17-15(12(10)9-16)18-13-5-4-11(19-2)8-14(13)20-3/h4-8H,1-3H3,(H,17,18). The Morgan fingerprint density at radius 1 is 1.20 bits per heavy atom. The summed E-state index contributed by atoms with van der Waals surface area (Å²) in [5, 5.41) is 12.3. The van der Waals surface area contributed by atoms with E-state index < -0.39 is 0 Å². The summed E-state index contributed by atoms with van der Waals surface area (Å²) in [5.74, 6) is 1.83. The van der Waals surface area contributed by atoms with Crippen LogP contribution in [0.25, 0.3) is 0 Å². The van der Waals surface area contributed by atoms with Crippen LogP contribution in [-0.2, 0) is 0 Å². The fourth-order valence-corrected chi connectivity index (χ4v) is 1.82. The number of aromatic nitrogens is 1. The maximum atomic E-state index is 9.20. The number of nitriles is 1. The van der Waals surface area contributed by atoms with Crippen molar-refractivity contribution in [3.63, 3.8) is 0 Å². The molecule has 1 aromatic carbocycles. The SMILES string of the molecule is COc1ccc(Nc2nccc(C)c2C#N)c(OC)c1. The van der Waals surface area contributed by atoms with Crippen LogP contribution >= 0.6 is 0 Å². The van der Waals surface area contributed by atoms with Gasteiger partial charge in [-0.15, -0.1) is 0 Å². The average molecular weight is 269 g/mol. The van der Waals surface area contributed by atoms with Gasteiger partial charge in [0.05, 0.1) is 25.5 Å². The van der Waals surface area contributed by atoms with E-state index in [0.29, 0.717) is 22.9 Å². The molecule has 102 valence electrons. The first kappa shape index (κ1) is 13.7. The van der Waals surface area contributed by atoms with Crippen LogP contribution in [0.4, 0.5) is 11.5 Å². The Bertz CT molecular complexity index is 663. The van der Waals surface area contributed by atoms with E-state index in [2.05, 4.69) is 16.4 Å². The molecule has 0 unspecified atom stereocenters. The Kier molecular flexibility index (Phi) is 4.06. The second-order valence-corrected chi connectivity index (χ2v) is 4.15. The molecule has 2 rings (SSSR count). The Balaban J connectivity index is 2.40. The highest BCUT2D eigenvalue weighted by Gasteiger charge is 2.10. The molecule has 0 spiro atoms. The van der Waals surface area contributed by atoms with E-state index in [1.807, 2.05) is 19.1 Å². The highest BCUT2D eigenvalue weighted by molar-refractivity contribution is 5.69. The summed E-state index contributed by atoms with van der Waals surface area (Å²) in [5.41, 5.74) is 2.12. The van der Waals surface area contributed by atoms with Crippen molar-refractivity contribution in [1.29, 1.82) is 5.26 Å². The summed E-state index contributed by atoms with van der Waals surface area (Å²) in [6, 6.07) is 9.36. The lowest BCUT2D eigenvalue weighted by molar-refractivity contribution is 0.395. The minimum absolute atomic E-state index is 0.510. The highest BCUT2D eigenvalue weighted by atomic mass is 16.5. The van der Waals surface area contributed by atoms with Gasteiger partial charge in [-0.25, -0.2) is 4.98 Å². The fourth-order valence-electron chi connectivity index (χ4n) is 1.82. The molecule has 5 nitrogen and oxygen atoms in total. The number of aryl methyl sites for hydroxylation is 1. The van der Waals surface area contributed by atoms with E-state index in [1.165, 1.54) is 0 Å². The molecule has 0 aliphatic heterocycles. The molecule has 0 radical (unpaired) electrons. The van der Waals surface area contributed by atoms with Crippen molar-refractivity contribution in [3.8, 4) is 17.6 Å². The lowest BCUT2D eigenvalue weighted by Gasteiger charge is -2.13. The van der Waals surface area contributed by atoms with Crippen LogP contribution in [0.1, 0.15) is 11.1 Å². The Morgan fingerprint density at radius 3 is 2.65 bits per heavy atom. The van der Waals surface area contributed by atoms with E-state index in [4.69, 9.17) is 9.47 Å². The number of pyridine rings is 1. The van der Waals surface area contributed by atoms with Crippen LogP contribution in [0, 0.1) is 18.3 Å². The number of nitrogens with one attached hydrogen (secondary N) is 1. The third-order valence-electron chi connectivity index (χ3n) is 2.93. The molecule has 2 aromatic rings. The second kappa shape index (κ2) is 5.93. The number of nitrogens with zero attached hydrogens (tertiary/aromatic N) is 2. The van der Waals surface area contributed by atoms with Crippen molar-refractivity contribution in [2.24, 2.45) is 0 Å². The number of anilines is 2. The van der Waals surface area contributed by atoms with Gasteiger partial charge in [0.15, 0.2) is 0 Å². The molecule has 1 aromatic heterocycles. The first-order chi connectivity index (χ1) is 9.69. The number of benzene rings is 1. The molecular weight excluding hydrogens is 254 g/mol. The highest BCUT2D eigenvalue weighted by Crippen LogP contribution is 2.32. The monoisotopic (exact) mass is 269 g/mol. The summed E-state index contributed by atoms with van der Waals surface area (Å²) >= 11 is 0. The summed E-state index contributed by atoms with van der Waals surface area (Å²) in [7, 11) is 3.17. The third kappa shape index (κ3) is 2.64. The maximum absolute atomic E-state index is 9.20. The van der Waals surface area contributed by atoms with Gasteiger partial charge >= 0.3 is 0 Å². The van der Waals surface area contributed by atoms with Crippen molar-refractivity contribution in [3.05, 3.63) is 41.6 Å². The van der Waals surface area contributed by atoms with Crippen LogP contribution in [-0.4, -0.2) is 19.2 Å². The lowest BCUT2D eigenvalue weighted by Crippen LogP contribution is -2.00. The maximum Gasteiger partial charge on any atom is 0.148 e. The number of hydrogen-bond acceptors (Lipinski definition) is 5. The molecule has 0 amide bonds. The first-order valence-corrected chi connectivity index (χ1v) is 6.04. The van der Waals surface area contributed by atoms with Gasteiger partial charge in [-0.05, 0) is 30.7 Å². The summed E-state index contributed by atoms with van der Waals surface area (Å²) in [4.78, 5) is 4.20. The molecule has 1 N–H and O–H groups in total. The molecule has 0 aliphatic carbocycles. The van der Waals surface area contributed by atoms with Crippen molar-refractivity contribution in [2.75, 3.05) is 19.5 Å². The van der Waals surface area contributed by atoms with E-state index in [0.717, 1.165) is 11.3 Å². The topological polar surface area (TPSA) is 67.2 Å². The normalized spacial score (nSPS) is 9.70. The number of rotatable bonds is 4. The predicted octanol–water partition coefficient (Wildman–Crippen LogP) is 3.02. The van der Waals surface area contributed by atoms with Crippen LogP contribution in [0.2, 0.25) is 0 Å². The lowest BCUT2D eigenvalue weighted by atomic mass is 10.1. The smallest absolute Gasteiger partial charge is 0.148 e. The van der Waals surface area contributed by atoms with Crippen molar-refractivity contribution < 1.29 is 9.47 Å². The zero-order valence-corrected chi connectivity index (χ0v) is 11.6. The van der Waals surface area contributed by atoms with Crippen molar-refractivity contribution in [1.82, 2.24) is 4.98 Å². The molecule has 0 aliphatic rings. The van der Waals surface area contributed by atoms with Crippen molar-refractivity contribution >= 4 is 11.5 Å². The summed E-state index contributed by atoms with van der Waals surface area (Å²) in [6.07, 6.45) is 1.66. The summed E-state index contributed by atoms with van der Waals surface area (Å²) in [6.45, 7) is 1.87. The quantitative estimate of drug-likeness (QED) is 0.924. The van der Waals surface area contributed by atoms with Crippen molar-refractivity contribution in [2.45, 2.75) is 6.92 Å². The summed E-state index contributed by atoms with van der Waals surface area (Å²) < 4.78 is 10.5. The Labute approximate surface area is 117 Å². The zero-order valence-electron chi connectivity index (χ0n) is 11.6. The van der Waals surface area contributed by atoms with Gasteiger partial charge in [-0.2, -0.15) is 5.26 Å². The molecule has 0 bridgehead atoms. The average Bonchev–Trinajstić information content (AvgIpc) is 2.48. The van der Waals surface area contributed by atoms with Gasteiger partial charge in [-0.1, -0.05) is 0 Å². The number of ether oxygens (including phenoxy) is 2. The predicted molar refractivity (Wildman–Crippen MR) is 76.5 cm³/mol. The van der Waals surface area contributed by atoms with Gasteiger partial charge < -0.3 is 14.8 Å². The molecule has 1 heterocycles. The minimum atomic E-state index is 0.510. The molecule has 0 saturated heterocycles. The Morgan fingerprint density at radius 2 is 2.00 bits per heavy atom. The first-order valence-electron chi connectivity index (χ1n) is 6.04. The van der Waals surface area contributed by atoms with Crippen LogP contribution in [0.3, 0.4) is 0 Å². The number of hydrogen-bond donors (Lipinski definition) is 1. The molecule has 20 heavy (non-hydrogen) atoms. The van der Waals surface area contributed by atoms with Gasteiger partial charge in [0.1, 0.15) is 23.4 Å². The fraction of sp³-hybridized carbons (Fsp3) is 0.200. The largest absolute Gasteiger partial charge is 0.497 e. The molecular formula is C15H15N3O2. The van der Waals surface area contributed by atoms with Gasteiger partial charge in [-0.3, -0.25) is 0 Å². The molecule has 5 heteroatoms. The molecule has 0 saturated carbocycles. The van der Waals surface area contributed by atoms with Gasteiger partial charge in [0.2, 0.25) is 0 Å². The molecule has 0 atom stereocenters. The Hall–Kier alpha value is -2.74. The molecule has 0 fully saturated rings. The van der Waals surface area contributed by atoms with E-state index in [-0.39, 0.29) is 0 Å². The van der Waals surface area contributed by atoms with Gasteiger partial charge in [0, 0.05) is 12.3 Å².